The lowest BCUT2D eigenvalue weighted by molar-refractivity contribution is -0.127. The topological polar surface area (TPSA) is 58.1 Å². The van der Waals surface area contributed by atoms with Crippen molar-refractivity contribution in [3.05, 3.63) is 45.6 Å². The number of rotatable bonds is 6. The lowest BCUT2D eigenvalue weighted by Crippen LogP contribution is -2.27. The van der Waals surface area contributed by atoms with Crippen LogP contribution < -0.4 is 5.32 Å². The van der Waals surface area contributed by atoms with Crippen molar-refractivity contribution in [3.63, 3.8) is 0 Å². The van der Waals surface area contributed by atoms with Crippen LogP contribution in [0.25, 0.3) is 10.9 Å². The molecule has 0 spiro atoms. The van der Waals surface area contributed by atoms with E-state index < -0.39 is 0 Å². The van der Waals surface area contributed by atoms with Crippen LogP contribution in [0.5, 0.6) is 0 Å². The van der Waals surface area contributed by atoms with Crippen LogP contribution in [-0.2, 0) is 11.3 Å². The molecule has 0 aliphatic rings. The zero-order chi connectivity index (χ0) is 17.8. The van der Waals surface area contributed by atoms with Crippen molar-refractivity contribution >= 4 is 57.3 Å². The minimum absolute atomic E-state index is 0.0253. The minimum Gasteiger partial charge on any atom is -0.372 e. The molecule has 1 aromatic carbocycles. The molecule has 0 aliphatic carbocycles. The molecule has 0 unspecified atom stereocenters. The van der Waals surface area contributed by atoms with Gasteiger partial charge in [0.2, 0.25) is 5.91 Å². The predicted octanol–water partition coefficient (Wildman–Crippen LogP) is 4.14. The van der Waals surface area contributed by atoms with Gasteiger partial charge in [0, 0.05) is 24.4 Å². The Morgan fingerprint density at radius 2 is 2.08 bits per heavy atom. The molecule has 25 heavy (non-hydrogen) atoms. The van der Waals surface area contributed by atoms with E-state index in [1.807, 2.05) is 43.4 Å². The molecule has 1 amide bonds. The monoisotopic (exact) mass is 392 g/mol. The molecule has 5 nitrogen and oxygen atoms in total. The van der Waals surface area contributed by atoms with Gasteiger partial charge in [-0.25, -0.2) is 9.97 Å². The molecule has 0 bridgehead atoms. The largest absolute Gasteiger partial charge is 0.372 e. The van der Waals surface area contributed by atoms with Gasteiger partial charge in [-0.2, -0.15) is 0 Å². The van der Waals surface area contributed by atoms with Gasteiger partial charge in [-0.3, -0.25) is 4.79 Å². The summed E-state index contributed by atoms with van der Waals surface area (Å²) in [5.74, 6) is 1.08. The van der Waals surface area contributed by atoms with E-state index >= 15 is 0 Å². The van der Waals surface area contributed by atoms with Crippen molar-refractivity contribution < 1.29 is 4.79 Å². The van der Waals surface area contributed by atoms with Crippen molar-refractivity contribution in [1.29, 1.82) is 0 Å². The number of para-hydroxylation sites is 1. The number of nitrogens with one attached hydrogen (secondary N) is 1. The highest BCUT2D eigenvalue weighted by Gasteiger charge is 2.13. The molecule has 2 heterocycles. The predicted molar refractivity (Wildman–Crippen MR) is 106 cm³/mol. The highest BCUT2D eigenvalue weighted by Crippen LogP contribution is 2.25. The first-order valence-corrected chi connectivity index (χ1v) is 9.80. The van der Waals surface area contributed by atoms with E-state index in [2.05, 4.69) is 15.3 Å². The molecule has 0 radical (unpaired) electrons. The third-order valence-corrected chi connectivity index (χ3v) is 5.64. The molecule has 0 atom stereocenters. The molecular weight excluding hydrogens is 376 g/mol. The summed E-state index contributed by atoms with van der Waals surface area (Å²) < 4.78 is 0.731. The van der Waals surface area contributed by atoms with Crippen LogP contribution >= 0.6 is 34.7 Å². The number of hydrogen-bond donors (Lipinski definition) is 1. The molecular formula is C17H17ClN4OS2. The first-order valence-electron chi connectivity index (χ1n) is 7.62. The SMILES string of the molecule is CNc1nc(SCC(=O)N(C)Cc2ccc(Cl)s2)nc2ccccc12. The standard InChI is InChI=1S/C17H17ClN4OS2/c1-19-16-12-5-3-4-6-13(12)20-17(21-16)24-10-15(23)22(2)9-11-7-8-14(18)25-11/h3-8H,9-10H2,1-2H3,(H,19,20,21). The maximum Gasteiger partial charge on any atom is 0.233 e. The second-order valence-corrected chi connectivity index (χ2v) is 8.11. The Hall–Kier alpha value is -1.83. The quantitative estimate of drug-likeness (QED) is 0.504. The van der Waals surface area contributed by atoms with Crippen LogP contribution in [0.2, 0.25) is 4.34 Å². The summed E-state index contributed by atoms with van der Waals surface area (Å²) in [6, 6.07) is 11.6. The Labute approximate surface area is 159 Å². The molecule has 0 fully saturated rings. The summed E-state index contributed by atoms with van der Waals surface area (Å²) in [5, 5.41) is 4.64. The molecule has 8 heteroatoms. The van der Waals surface area contributed by atoms with Crippen LogP contribution in [0.4, 0.5) is 5.82 Å². The van der Waals surface area contributed by atoms with Crippen molar-refractivity contribution in [2.24, 2.45) is 0 Å². The molecule has 3 rings (SSSR count). The van der Waals surface area contributed by atoms with Crippen LogP contribution in [0.3, 0.4) is 0 Å². The highest BCUT2D eigenvalue weighted by molar-refractivity contribution is 7.99. The number of nitrogens with zero attached hydrogens (tertiary/aromatic N) is 3. The van der Waals surface area contributed by atoms with Crippen molar-refractivity contribution in [2.75, 3.05) is 25.2 Å². The number of thioether (sulfide) groups is 1. The molecule has 130 valence electrons. The van der Waals surface area contributed by atoms with Gasteiger partial charge in [-0.05, 0) is 24.3 Å². The van der Waals surface area contributed by atoms with Gasteiger partial charge in [-0.1, -0.05) is 35.5 Å². The first-order chi connectivity index (χ1) is 12.1. The summed E-state index contributed by atoms with van der Waals surface area (Å²) in [5.41, 5.74) is 0.860. The van der Waals surface area contributed by atoms with E-state index in [1.165, 1.54) is 23.1 Å². The molecule has 0 saturated heterocycles. The fraction of sp³-hybridized carbons (Fsp3) is 0.235. The zero-order valence-corrected chi connectivity index (χ0v) is 16.2. The van der Waals surface area contributed by atoms with Crippen LogP contribution in [0.15, 0.2) is 41.6 Å². The van der Waals surface area contributed by atoms with Gasteiger partial charge in [-0.15, -0.1) is 11.3 Å². The van der Waals surface area contributed by atoms with Crippen LogP contribution in [-0.4, -0.2) is 40.6 Å². The number of aromatic nitrogens is 2. The molecule has 1 N–H and O–H groups in total. The maximum absolute atomic E-state index is 12.4. The second kappa shape index (κ2) is 8.03. The Morgan fingerprint density at radius 1 is 1.28 bits per heavy atom. The van der Waals surface area contributed by atoms with E-state index in [-0.39, 0.29) is 11.7 Å². The van der Waals surface area contributed by atoms with E-state index in [1.54, 1.807) is 11.9 Å². The summed E-state index contributed by atoms with van der Waals surface area (Å²) in [6.07, 6.45) is 0. The van der Waals surface area contributed by atoms with E-state index in [0.29, 0.717) is 11.7 Å². The Bertz CT molecular complexity index is 899. The zero-order valence-electron chi connectivity index (χ0n) is 13.8. The number of fused-ring (bicyclic) bond motifs is 1. The van der Waals surface area contributed by atoms with Crippen LogP contribution in [0.1, 0.15) is 4.88 Å². The lowest BCUT2D eigenvalue weighted by Gasteiger charge is -2.15. The van der Waals surface area contributed by atoms with Crippen molar-refractivity contribution in [1.82, 2.24) is 14.9 Å². The highest BCUT2D eigenvalue weighted by atomic mass is 35.5. The number of anilines is 1. The average Bonchev–Trinajstić information content (AvgIpc) is 3.03. The minimum atomic E-state index is 0.0253. The third kappa shape index (κ3) is 4.42. The average molecular weight is 393 g/mol. The fourth-order valence-corrected chi connectivity index (χ4v) is 4.24. The van der Waals surface area contributed by atoms with Gasteiger partial charge >= 0.3 is 0 Å². The Balaban J connectivity index is 1.66. The number of halogens is 1. The number of thiophene rings is 1. The maximum atomic E-state index is 12.4. The molecule has 3 aromatic rings. The first kappa shape index (κ1) is 18.0. The van der Waals surface area contributed by atoms with Gasteiger partial charge in [0.15, 0.2) is 5.16 Å². The summed E-state index contributed by atoms with van der Waals surface area (Å²) in [4.78, 5) is 24.1. The molecule has 0 aliphatic heterocycles. The van der Waals surface area contributed by atoms with Crippen molar-refractivity contribution in [2.45, 2.75) is 11.7 Å². The lowest BCUT2D eigenvalue weighted by atomic mass is 10.2. The molecule has 2 aromatic heterocycles. The summed E-state index contributed by atoms with van der Waals surface area (Å²) in [7, 11) is 3.62. The number of carbonyl (C=O) groups excluding carboxylic acids is 1. The number of amides is 1. The summed E-state index contributed by atoms with van der Waals surface area (Å²) >= 11 is 8.76. The van der Waals surface area contributed by atoms with Crippen LogP contribution in [0, 0.1) is 0 Å². The van der Waals surface area contributed by atoms with Crippen molar-refractivity contribution in [3.8, 4) is 0 Å². The van der Waals surface area contributed by atoms with E-state index in [4.69, 9.17) is 11.6 Å². The number of benzene rings is 1. The smallest absolute Gasteiger partial charge is 0.233 e. The molecule has 0 saturated carbocycles. The summed E-state index contributed by atoms with van der Waals surface area (Å²) in [6.45, 7) is 0.553. The second-order valence-electron chi connectivity index (χ2n) is 5.37. The van der Waals surface area contributed by atoms with Gasteiger partial charge in [0.05, 0.1) is 22.2 Å². The normalized spacial score (nSPS) is 10.8. The van der Waals surface area contributed by atoms with Gasteiger partial charge in [0.25, 0.3) is 0 Å². The Kier molecular flexibility index (Phi) is 5.78. The fourth-order valence-electron chi connectivity index (χ4n) is 2.31. The third-order valence-electron chi connectivity index (χ3n) is 3.59. The van der Waals surface area contributed by atoms with Gasteiger partial charge < -0.3 is 10.2 Å². The number of carbonyl (C=O) groups is 1. The van der Waals surface area contributed by atoms with E-state index in [0.717, 1.165) is 25.9 Å². The number of hydrogen-bond acceptors (Lipinski definition) is 6. The van der Waals surface area contributed by atoms with E-state index in [9.17, 15) is 4.79 Å². The Morgan fingerprint density at radius 3 is 2.80 bits per heavy atom. The van der Waals surface area contributed by atoms with Gasteiger partial charge in [0.1, 0.15) is 5.82 Å².